The van der Waals surface area contributed by atoms with Crippen molar-refractivity contribution in [1.82, 2.24) is 20.2 Å². The van der Waals surface area contributed by atoms with Crippen LogP contribution in [0.2, 0.25) is 0 Å². The van der Waals surface area contributed by atoms with Gasteiger partial charge in [0, 0.05) is 23.1 Å². The number of hydrogen-bond donors (Lipinski definition) is 3. The minimum Gasteiger partial charge on any atom is -0.479 e. The first kappa shape index (κ1) is 30.5. The van der Waals surface area contributed by atoms with E-state index in [1.54, 1.807) is 4.90 Å². The highest BCUT2D eigenvalue weighted by atomic mass is 32.1. The second kappa shape index (κ2) is 12.1. The maximum Gasteiger partial charge on any atom is 0.330 e. The van der Waals surface area contributed by atoms with Crippen LogP contribution in [0.15, 0.2) is 41.8 Å². The van der Waals surface area contributed by atoms with Gasteiger partial charge in [0.2, 0.25) is 11.8 Å². The zero-order chi connectivity index (χ0) is 31.1. The molecule has 2 fully saturated rings. The molecule has 1 aliphatic carbocycles. The molecule has 3 N–H and O–H groups in total. The largest absolute Gasteiger partial charge is 0.479 e. The van der Waals surface area contributed by atoms with Gasteiger partial charge in [0.25, 0.3) is 5.19 Å². The predicted molar refractivity (Wildman–Crippen MR) is 171 cm³/mol. The molecule has 12 heteroatoms. The number of para-hydroxylation sites is 1. The van der Waals surface area contributed by atoms with Crippen molar-refractivity contribution in [2.45, 2.75) is 94.9 Å². The van der Waals surface area contributed by atoms with E-state index in [1.807, 2.05) is 41.8 Å². The Balaban J connectivity index is 1.28. The molecule has 1 aromatic carbocycles. The first-order valence-corrected chi connectivity index (χ1v) is 17.0. The van der Waals surface area contributed by atoms with E-state index in [0.717, 1.165) is 41.6 Å². The molecular weight excluding hydrogens is 599 g/mol. The van der Waals surface area contributed by atoms with E-state index in [0.29, 0.717) is 23.2 Å². The lowest BCUT2D eigenvalue weighted by atomic mass is 9.93. The molecule has 2 amide bonds. The van der Waals surface area contributed by atoms with Gasteiger partial charge >= 0.3 is 5.97 Å². The summed E-state index contributed by atoms with van der Waals surface area (Å²) < 4.78 is 7.27. The minimum atomic E-state index is -1.35. The number of carbonyl (C=O) groups excluding carboxylic acids is 2. The fraction of sp³-hybridized carbons (Fsp3) is 0.531. The highest BCUT2D eigenvalue weighted by molar-refractivity contribution is 7.20. The van der Waals surface area contributed by atoms with E-state index in [1.165, 1.54) is 22.7 Å². The van der Waals surface area contributed by atoms with Gasteiger partial charge in [-0.25, -0.2) is 14.8 Å². The lowest BCUT2D eigenvalue weighted by molar-refractivity contribution is -0.145. The van der Waals surface area contributed by atoms with Crippen LogP contribution in [-0.2, 0) is 19.8 Å². The van der Waals surface area contributed by atoms with Gasteiger partial charge in [-0.1, -0.05) is 69.2 Å². The summed E-state index contributed by atoms with van der Waals surface area (Å²) in [6.07, 6.45) is 8.15. The quantitative estimate of drug-likeness (QED) is 0.319. The van der Waals surface area contributed by atoms with Crippen molar-refractivity contribution in [2.75, 3.05) is 11.9 Å². The maximum absolute atomic E-state index is 14.3. The number of aliphatic carboxylic acids is 1. The van der Waals surface area contributed by atoms with E-state index in [2.05, 4.69) is 36.4 Å². The first-order valence-electron chi connectivity index (χ1n) is 15.3. The average molecular weight is 638 g/mol. The molecule has 44 heavy (non-hydrogen) atoms. The molecule has 0 radical (unpaired) electrons. The van der Waals surface area contributed by atoms with Crippen LogP contribution in [0.25, 0.3) is 10.2 Å². The van der Waals surface area contributed by atoms with Crippen LogP contribution in [0.5, 0.6) is 5.19 Å². The molecule has 0 bridgehead atoms. The van der Waals surface area contributed by atoms with E-state index in [4.69, 9.17) is 9.72 Å². The Morgan fingerprint density at radius 2 is 2.00 bits per heavy atom. The smallest absolute Gasteiger partial charge is 0.330 e. The number of amides is 2. The topological polar surface area (TPSA) is 134 Å². The molecule has 5 atom stereocenters. The summed E-state index contributed by atoms with van der Waals surface area (Å²) in [5.41, 5.74) is 0.297. The predicted octanol–water partition coefficient (Wildman–Crippen LogP) is 5.36. The average Bonchev–Trinajstić information content (AvgIpc) is 3.36. The number of nitrogens with zero attached hydrogens (tertiary/aromatic N) is 3. The van der Waals surface area contributed by atoms with Crippen molar-refractivity contribution in [3.05, 3.63) is 47.5 Å². The number of thiazole rings is 2. The highest BCUT2D eigenvalue weighted by Gasteiger charge is 2.61. The summed E-state index contributed by atoms with van der Waals surface area (Å²) >= 11 is 2.89. The van der Waals surface area contributed by atoms with Gasteiger partial charge < -0.3 is 25.4 Å². The lowest BCUT2D eigenvalue weighted by Crippen LogP contribution is -2.55. The van der Waals surface area contributed by atoms with Gasteiger partial charge in [-0.15, -0.1) is 11.3 Å². The summed E-state index contributed by atoms with van der Waals surface area (Å²) in [7, 11) is 0. The first-order chi connectivity index (χ1) is 21.0. The Kier molecular flexibility index (Phi) is 8.40. The molecule has 1 saturated heterocycles. The fourth-order valence-electron chi connectivity index (χ4n) is 6.02. The number of fused-ring (bicyclic) bond motifs is 3. The van der Waals surface area contributed by atoms with Gasteiger partial charge in [0.15, 0.2) is 5.13 Å². The third-order valence-electron chi connectivity index (χ3n) is 8.73. The summed E-state index contributed by atoms with van der Waals surface area (Å²) in [4.78, 5) is 51.5. The molecule has 6 rings (SSSR count). The molecule has 234 valence electrons. The van der Waals surface area contributed by atoms with E-state index < -0.39 is 35.6 Å². The number of carbonyl (C=O) groups is 3. The highest BCUT2D eigenvalue weighted by Crippen LogP contribution is 2.45. The Hall–Kier alpha value is -3.51. The van der Waals surface area contributed by atoms with Crippen LogP contribution in [0.4, 0.5) is 5.13 Å². The number of nitrogens with one attached hydrogen (secondary N) is 2. The van der Waals surface area contributed by atoms with Crippen molar-refractivity contribution >= 4 is 55.8 Å². The van der Waals surface area contributed by atoms with E-state index in [9.17, 15) is 19.5 Å². The Morgan fingerprint density at radius 3 is 2.75 bits per heavy atom. The van der Waals surface area contributed by atoms with Gasteiger partial charge in [0.1, 0.15) is 23.7 Å². The maximum atomic E-state index is 14.3. The number of aromatic nitrogens is 2. The molecule has 4 heterocycles. The van der Waals surface area contributed by atoms with Crippen LogP contribution in [0, 0.1) is 5.92 Å². The third kappa shape index (κ3) is 6.32. The van der Waals surface area contributed by atoms with Crippen molar-refractivity contribution in [1.29, 1.82) is 0 Å². The number of ether oxygens (including phenoxy) is 1. The van der Waals surface area contributed by atoms with Crippen LogP contribution in [-0.4, -0.2) is 68.0 Å². The molecule has 3 aromatic rings. The van der Waals surface area contributed by atoms with E-state index in [-0.39, 0.29) is 30.2 Å². The van der Waals surface area contributed by atoms with Gasteiger partial charge in [-0.05, 0) is 37.8 Å². The molecule has 2 aromatic heterocycles. The number of benzene rings is 1. The Morgan fingerprint density at radius 1 is 1.18 bits per heavy atom. The van der Waals surface area contributed by atoms with Crippen LogP contribution >= 0.6 is 22.7 Å². The number of hydrogen-bond acceptors (Lipinski definition) is 9. The number of rotatable bonds is 5. The lowest BCUT2D eigenvalue weighted by Gasteiger charge is -2.29. The number of carboxylic acid groups (broad SMARTS) is 1. The number of allylic oxidation sites excluding steroid dienone is 1. The van der Waals surface area contributed by atoms with Crippen molar-refractivity contribution < 1.29 is 24.2 Å². The molecule has 3 aliphatic rings. The van der Waals surface area contributed by atoms with Gasteiger partial charge in [0.05, 0.1) is 22.5 Å². The zero-order valence-electron chi connectivity index (χ0n) is 25.2. The SMILES string of the molecule is CC(C)(C)c1csc(N[C@H]2CCCCCC=C[C@@H]3C[C@@]3(C(=O)O)NC(=O)[C@@H]3C[C@@H](Oc4nc5ccccc5s4)CN3C2=O)n1. The molecule has 1 saturated carbocycles. The second-order valence-corrected chi connectivity index (χ2v) is 14.9. The normalized spacial score (nSPS) is 28.0. The van der Waals surface area contributed by atoms with Crippen molar-refractivity contribution in [3.8, 4) is 5.19 Å². The second-order valence-electron chi connectivity index (χ2n) is 13.1. The van der Waals surface area contributed by atoms with Gasteiger partial charge in [-0.2, -0.15) is 0 Å². The Bertz CT molecular complexity index is 1540. The number of carboxylic acids is 1. The molecule has 2 aliphatic heterocycles. The van der Waals surface area contributed by atoms with Crippen molar-refractivity contribution in [3.63, 3.8) is 0 Å². The molecular formula is C32H39N5O5S2. The molecule has 10 nitrogen and oxygen atoms in total. The monoisotopic (exact) mass is 637 g/mol. The number of anilines is 1. The summed E-state index contributed by atoms with van der Waals surface area (Å²) in [5.74, 6) is -2.01. The standard InChI is InChI=1S/C32H39N5O5S2/c1-31(2,3)25-18-43-29(35-25)33-22-13-8-6-4-5-7-11-19-16-32(19,28(40)41)36-26(38)23-15-20(17-37(23)27(22)39)42-30-34-21-12-9-10-14-24(21)44-30/h7,9-12,14,18-20,22-23H,4-6,8,13,15-17H2,1-3H3,(H,33,35)(H,36,38)(H,40,41)/t19-,20-,22+,23+,32-/m1/s1. The van der Waals surface area contributed by atoms with Crippen LogP contribution < -0.4 is 15.4 Å². The summed E-state index contributed by atoms with van der Waals surface area (Å²) in [6.45, 7) is 6.49. The van der Waals surface area contributed by atoms with Crippen molar-refractivity contribution in [2.24, 2.45) is 5.92 Å². The van der Waals surface area contributed by atoms with Crippen LogP contribution in [0.1, 0.15) is 71.4 Å². The molecule has 0 unspecified atom stereocenters. The molecule has 0 spiro atoms. The minimum absolute atomic E-state index is 0.125. The zero-order valence-corrected chi connectivity index (χ0v) is 26.9. The fourth-order valence-corrected chi connectivity index (χ4v) is 7.90. The Labute approximate surface area is 264 Å². The van der Waals surface area contributed by atoms with Crippen LogP contribution in [0.3, 0.4) is 0 Å². The van der Waals surface area contributed by atoms with E-state index >= 15 is 0 Å². The van der Waals surface area contributed by atoms with Gasteiger partial charge in [-0.3, -0.25) is 9.59 Å². The summed E-state index contributed by atoms with van der Waals surface area (Å²) in [5, 5.41) is 19.5. The third-order valence-corrected chi connectivity index (χ3v) is 10.4. The summed E-state index contributed by atoms with van der Waals surface area (Å²) in [6, 6.07) is 6.28.